The Kier molecular flexibility index (Phi) is 4.37. The van der Waals surface area contributed by atoms with Crippen LogP contribution in [0.4, 0.5) is 11.4 Å². The van der Waals surface area contributed by atoms with Gasteiger partial charge in [0.25, 0.3) is 17.3 Å². The van der Waals surface area contributed by atoms with Crippen molar-refractivity contribution in [3.63, 3.8) is 0 Å². The van der Waals surface area contributed by atoms with E-state index in [9.17, 15) is 25.0 Å². The molecular formula is C16H12ClN3O5. The first-order valence-electron chi connectivity index (χ1n) is 7.37. The first kappa shape index (κ1) is 16.8. The number of nitro groups is 2. The Labute approximate surface area is 146 Å². The molecule has 0 aliphatic carbocycles. The summed E-state index contributed by atoms with van der Waals surface area (Å²) in [6.07, 6.45) is 0.652. The summed E-state index contributed by atoms with van der Waals surface area (Å²) in [4.78, 5) is 34.7. The van der Waals surface area contributed by atoms with Crippen molar-refractivity contribution in [2.45, 2.75) is 13.0 Å². The second kappa shape index (κ2) is 6.48. The summed E-state index contributed by atoms with van der Waals surface area (Å²) >= 11 is 5.72. The highest BCUT2D eigenvalue weighted by Crippen LogP contribution is 2.35. The molecule has 1 aliphatic heterocycles. The lowest BCUT2D eigenvalue weighted by molar-refractivity contribution is -0.393. The lowest BCUT2D eigenvalue weighted by atomic mass is 9.99. The molecule has 0 radical (unpaired) electrons. The van der Waals surface area contributed by atoms with Crippen LogP contribution in [0.3, 0.4) is 0 Å². The fraction of sp³-hybridized carbons (Fsp3) is 0.188. The van der Waals surface area contributed by atoms with Crippen LogP contribution in [0.2, 0.25) is 5.02 Å². The number of nitrogens with zero attached hydrogens (tertiary/aromatic N) is 3. The van der Waals surface area contributed by atoms with Crippen LogP contribution >= 0.6 is 11.6 Å². The second-order valence-electron chi connectivity index (χ2n) is 5.59. The summed E-state index contributed by atoms with van der Waals surface area (Å²) in [5.41, 5.74) is 0.690. The lowest BCUT2D eigenvalue weighted by Gasteiger charge is -2.28. The molecule has 9 heteroatoms. The molecule has 0 saturated heterocycles. The maximum absolute atomic E-state index is 12.7. The summed E-state index contributed by atoms with van der Waals surface area (Å²) in [5.74, 6) is -0.502. The molecule has 0 saturated carbocycles. The molecule has 2 aromatic rings. The summed E-state index contributed by atoms with van der Waals surface area (Å²) in [6.45, 7) is 0.777. The molecule has 0 bridgehead atoms. The molecule has 0 atom stereocenters. The number of carbonyl (C=O) groups excluding carboxylic acids is 1. The van der Waals surface area contributed by atoms with Gasteiger partial charge in [-0.15, -0.1) is 0 Å². The predicted octanol–water partition coefficient (Wildman–Crippen LogP) is 3.35. The quantitative estimate of drug-likeness (QED) is 0.615. The Morgan fingerprint density at radius 1 is 1.04 bits per heavy atom. The van der Waals surface area contributed by atoms with Gasteiger partial charge in [-0.3, -0.25) is 25.0 Å². The average molecular weight is 362 g/mol. The van der Waals surface area contributed by atoms with Crippen molar-refractivity contribution in [3.8, 4) is 0 Å². The smallest absolute Gasteiger partial charge is 0.295 e. The van der Waals surface area contributed by atoms with Gasteiger partial charge in [0, 0.05) is 25.2 Å². The third kappa shape index (κ3) is 3.16. The molecule has 0 aromatic heterocycles. The van der Waals surface area contributed by atoms with Crippen molar-refractivity contribution in [3.05, 3.63) is 78.3 Å². The number of rotatable bonds is 3. The number of hydrogen-bond donors (Lipinski definition) is 0. The molecule has 1 amide bonds. The van der Waals surface area contributed by atoms with Crippen LogP contribution in [0.25, 0.3) is 0 Å². The number of halogens is 1. The van der Waals surface area contributed by atoms with E-state index in [-0.39, 0.29) is 5.56 Å². The van der Waals surface area contributed by atoms with Crippen LogP contribution in [-0.2, 0) is 13.0 Å². The van der Waals surface area contributed by atoms with Gasteiger partial charge in [-0.25, -0.2) is 0 Å². The first-order chi connectivity index (χ1) is 11.9. The van der Waals surface area contributed by atoms with Gasteiger partial charge in [0.05, 0.1) is 15.4 Å². The van der Waals surface area contributed by atoms with Gasteiger partial charge >= 0.3 is 0 Å². The van der Waals surface area contributed by atoms with Gasteiger partial charge in [-0.05, 0) is 17.5 Å². The minimum Gasteiger partial charge on any atom is -0.334 e. The Morgan fingerprint density at radius 2 is 1.60 bits per heavy atom. The third-order valence-electron chi connectivity index (χ3n) is 4.09. The normalized spacial score (nSPS) is 13.2. The molecule has 128 valence electrons. The van der Waals surface area contributed by atoms with Crippen LogP contribution in [0, 0.1) is 20.2 Å². The van der Waals surface area contributed by atoms with Crippen molar-refractivity contribution >= 4 is 28.9 Å². The predicted molar refractivity (Wildman–Crippen MR) is 89.6 cm³/mol. The Bertz CT molecular complexity index is 864. The minimum atomic E-state index is -0.836. The molecule has 25 heavy (non-hydrogen) atoms. The van der Waals surface area contributed by atoms with E-state index in [2.05, 4.69) is 0 Å². The van der Waals surface area contributed by atoms with E-state index in [1.807, 2.05) is 24.3 Å². The van der Waals surface area contributed by atoms with Crippen LogP contribution < -0.4 is 0 Å². The van der Waals surface area contributed by atoms with Crippen LogP contribution in [0.5, 0.6) is 0 Å². The zero-order valence-corrected chi connectivity index (χ0v) is 13.6. The summed E-state index contributed by atoms with van der Waals surface area (Å²) < 4.78 is 0. The number of benzene rings is 2. The van der Waals surface area contributed by atoms with Crippen LogP contribution in [0.1, 0.15) is 21.5 Å². The van der Waals surface area contributed by atoms with E-state index in [4.69, 9.17) is 11.6 Å². The zero-order valence-electron chi connectivity index (χ0n) is 12.8. The summed E-state index contributed by atoms with van der Waals surface area (Å²) in [6, 6.07) is 9.64. The van der Waals surface area contributed by atoms with E-state index < -0.39 is 32.2 Å². The van der Waals surface area contributed by atoms with Crippen molar-refractivity contribution in [1.29, 1.82) is 0 Å². The zero-order chi connectivity index (χ0) is 18.1. The monoisotopic (exact) mass is 361 g/mol. The van der Waals surface area contributed by atoms with E-state index in [0.717, 1.165) is 23.3 Å². The number of fused-ring (bicyclic) bond motifs is 1. The molecule has 0 unspecified atom stereocenters. The highest BCUT2D eigenvalue weighted by atomic mass is 35.5. The first-order valence-corrected chi connectivity index (χ1v) is 7.74. The van der Waals surface area contributed by atoms with E-state index >= 15 is 0 Å². The van der Waals surface area contributed by atoms with Gasteiger partial charge in [-0.2, -0.15) is 0 Å². The molecule has 1 aliphatic rings. The molecule has 0 spiro atoms. The fourth-order valence-electron chi connectivity index (χ4n) is 2.84. The van der Waals surface area contributed by atoms with Gasteiger partial charge in [0.15, 0.2) is 5.02 Å². The van der Waals surface area contributed by atoms with Crippen molar-refractivity contribution < 1.29 is 14.6 Å². The number of carbonyl (C=O) groups is 1. The van der Waals surface area contributed by atoms with Gasteiger partial charge in [-0.1, -0.05) is 35.9 Å². The fourth-order valence-corrected chi connectivity index (χ4v) is 3.08. The van der Waals surface area contributed by atoms with Crippen molar-refractivity contribution in [1.82, 2.24) is 4.90 Å². The SMILES string of the molecule is O=C(c1cc([N+](=O)[O-])c(Cl)c([N+](=O)[O-])c1)N1CCc2ccccc2C1. The lowest BCUT2D eigenvalue weighted by Crippen LogP contribution is -2.36. The molecule has 0 N–H and O–H groups in total. The Morgan fingerprint density at radius 3 is 2.16 bits per heavy atom. The largest absolute Gasteiger partial charge is 0.334 e. The van der Waals surface area contributed by atoms with Crippen LogP contribution in [-0.4, -0.2) is 27.2 Å². The van der Waals surface area contributed by atoms with Gasteiger partial charge < -0.3 is 4.90 Å². The molecular weight excluding hydrogens is 350 g/mol. The third-order valence-corrected chi connectivity index (χ3v) is 4.48. The van der Waals surface area contributed by atoms with E-state index in [1.54, 1.807) is 0 Å². The van der Waals surface area contributed by atoms with E-state index in [0.29, 0.717) is 19.5 Å². The maximum Gasteiger partial charge on any atom is 0.295 e. The number of nitro benzene ring substituents is 2. The minimum absolute atomic E-state index is 0.123. The average Bonchev–Trinajstić information content (AvgIpc) is 2.60. The highest BCUT2D eigenvalue weighted by molar-refractivity contribution is 6.35. The Hall–Kier alpha value is -3.00. The van der Waals surface area contributed by atoms with Gasteiger partial charge in [0.2, 0.25) is 0 Å². The van der Waals surface area contributed by atoms with Crippen molar-refractivity contribution in [2.24, 2.45) is 0 Å². The second-order valence-corrected chi connectivity index (χ2v) is 5.97. The molecule has 1 heterocycles. The molecule has 0 fully saturated rings. The van der Waals surface area contributed by atoms with E-state index in [1.165, 1.54) is 4.90 Å². The Balaban J connectivity index is 1.98. The summed E-state index contributed by atoms with van der Waals surface area (Å²) in [5, 5.41) is 21.6. The highest BCUT2D eigenvalue weighted by Gasteiger charge is 2.29. The molecule has 2 aromatic carbocycles. The summed E-state index contributed by atoms with van der Waals surface area (Å²) in [7, 11) is 0. The maximum atomic E-state index is 12.7. The standard InChI is InChI=1S/C16H12ClN3O5/c17-15-13(19(22)23)7-12(8-14(15)20(24)25)16(21)18-6-5-10-3-1-2-4-11(10)9-18/h1-4,7-8H,5-6,9H2. The number of hydrogen-bond acceptors (Lipinski definition) is 5. The molecule has 8 nitrogen and oxygen atoms in total. The molecule has 3 rings (SSSR count). The van der Waals surface area contributed by atoms with Crippen LogP contribution in [0.15, 0.2) is 36.4 Å². The topological polar surface area (TPSA) is 107 Å². The van der Waals surface area contributed by atoms with Crippen molar-refractivity contribution in [2.75, 3.05) is 6.54 Å². The van der Waals surface area contributed by atoms with Gasteiger partial charge in [0.1, 0.15) is 0 Å². The number of amides is 1.